The molecule has 2 aromatic rings. The van der Waals surface area contributed by atoms with Crippen molar-refractivity contribution in [3.05, 3.63) is 71.8 Å². The van der Waals surface area contributed by atoms with Crippen LogP contribution < -0.4 is 0 Å². The molecule has 1 heterocycles. The predicted octanol–water partition coefficient (Wildman–Crippen LogP) is 4.26. The minimum atomic E-state index is -0.651. The van der Waals surface area contributed by atoms with E-state index in [4.69, 9.17) is 9.47 Å². The lowest BCUT2D eigenvalue weighted by Gasteiger charge is -2.41. The number of hydrogen-bond acceptors (Lipinski definition) is 4. The molecule has 1 aliphatic heterocycles. The first-order valence-corrected chi connectivity index (χ1v) is 8.64. The van der Waals surface area contributed by atoms with Crippen LogP contribution in [-0.2, 0) is 14.3 Å². The molecule has 1 saturated heterocycles. The second kappa shape index (κ2) is 7.20. The Labute approximate surface area is 153 Å². The Hall–Kier alpha value is -2.82. The van der Waals surface area contributed by atoms with Gasteiger partial charge in [0.2, 0.25) is 0 Å². The van der Waals surface area contributed by atoms with E-state index < -0.39 is 29.8 Å². The summed E-state index contributed by atoms with van der Waals surface area (Å²) in [4.78, 5) is 26.5. The lowest BCUT2D eigenvalue weighted by atomic mass is 9.93. The van der Waals surface area contributed by atoms with Gasteiger partial charge in [-0.1, -0.05) is 60.7 Å². The van der Waals surface area contributed by atoms with Crippen LogP contribution in [0.5, 0.6) is 0 Å². The van der Waals surface area contributed by atoms with Crippen molar-refractivity contribution in [3.8, 4) is 0 Å². The number of amides is 1. The van der Waals surface area contributed by atoms with Crippen LogP contribution >= 0.6 is 0 Å². The van der Waals surface area contributed by atoms with Gasteiger partial charge in [-0.3, -0.25) is 9.69 Å². The number of benzene rings is 2. The van der Waals surface area contributed by atoms with Crippen LogP contribution in [0.25, 0.3) is 0 Å². The molecule has 0 N–H and O–H groups in total. The van der Waals surface area contributed by atoms with Crippen LogP contribution in [0.3, 0.4) is 0 Å². The van der Waals surface area contributed by atoms with Crippen LogP contribution in [0, 0.1) is 0 Å². The summed E-state index contributed by atoms with van der Waals surface area (Å²) in [5, 5.41) is 0. The minimum absolute atomic E-state index is 0.141. The average Bonchev–Trinajstić information content (AvgIpc) is 2.61. The molecule has 5 heteroatoms. The molecule has 0 aromatic heterocycles. The van der Waals surface area contributed by atoms with Gasteiger partial charge in [0.1, 0.15) is 18.2 Å². The van der Waals surface area contributed by atoms with Gasteiger partial charge in [0.15, 0.2) is 6.10 Å². The molecule has 136 valence electrons. The fourth-order valence-electron chi connectivity index (χ4n) is 3.04. The molecule has 0 bridgehead atoms. The molecule has 26 heavy (non-hydrogen) atoms. The number of morpholine rings is 1. The Kier molecular flexibility index (Phi) is 4.98. The summed E-state index contributed by atoms with van der Waals surface area (Å²) in [6, 6.07) is 18.6. The number of carbonyl (C=O) groups excluding carboxylic acids is 2. The third kappa shape index (κ3) is 4.04. The highest BCUT2D eigenvalue weighted by Crippen LogP contribution is 2.40. The van der Waals surface area contributed by atoms with Crippen LogP contribution in [0.1, 0.15) is 44.0 Å². The molecular formula is C21H23NO4. The maximum atomic E-state index is 12.8. The van der Waals surface area contributed by atoms with Gasteiger partial charge >= 0.3 is 12.1 Å². The van der Waals surface area contributed by atoms with E-state index in [-0.39, 0.29) is 6.54 Å². The van der Waals surface area contributed by atoms with Crippen molar-refractivity contribution < 1.29 is 19.1 Å². The van der Waals surface area contributed by atoms with Gasteiger partial charge in [-0.15, -0.1) is 0 Å². The van der Waals surface area contributed by atoms with Gasteiger partial charge in [0.25, 0.3) is 0 Å². The van der Waals surface area contributed by atoms with Crippen molar-refractivity contribution in [2.75, 3.05) is 6.54 Å². The van der Waals surface area contributed by atoms with E-state index in [1.807, 2.05) is 60.7 Å². The Morgan fingerprint density at radius 1 is 1.00 bits per heavy atom. The lowest BCUT2D eigenvalue weighted by molar-refractivity contribution is -0.165. The van der Waals surface area contributed by atoms with Crippen LogP contribution in [0.2, 0.25) is 0 Å². The number of esters is 1. The summed E-state index contributed by atoms with van der Waals surface area (Å²) in [6.45, 7) is 5.27. The van der Waals surface area contributed by atoms with Crippen molar-refractivity contribution in [3.63, 3.8) is 0 Å². The number of carbonyl (C=O) groups is 2. The zero-order valence-corrected chi connectivity index (χ0v) is 15.2. The van der Waals surface area contributed by atoms with Crippen LogP contribution in [0.15, 0.2) is 60.7 Å². The highest BCUT2D eigenvalue weighted by molar-refractivity contribution is 5.80. The fraction of sp³-hybridized carbons (Fsp3) is 0.333. The number of nitrogens with zero attached hydrogens (tertiary/aromatic N) is 1. The zero-order chi connectivity index (χ0) is 18.7. The van der Waals surface area contributed by atoms with Gasteiger partial charge in [-0.25, -0.2) is 4.79 Å². The summed E-state index contributed by atoms with van der Waals surface area (Å²) in [7, 11) is 0. The quantitative estimate of drug-likeness (QED) is 0.757. The van der Waals surface area contributed by atoms with Crippen molar-refractivity contribution in [2.45, 2.75) is 38.5 Å². The predicted molar refractivity (Wildman–Crippen MR) is 97.4 cm³/mol. The maximum Gasteiger partial charge on any atom is 0.411 e. The molecule has 0 radical (unpaired) electrons. The first-order chi connectivity index (χ1) is 12.3. The third-order valence-electron chi connectivity index (χ3n) is 4.08. The first kappa shape index (κ1) is 18.0. The van der Waals surface area contributed by atoms with Crippen molar-refractivity contribution in [1.29, 1.82) is 0 Å². The zero-order valence-electron chi connectivity index (χ0n) is 15.2. The van der Waals surface area contributed by atoms with Gasteiger partial charge in [-0.05, 0) is 31.9 Å². The lowest BCUT2D eigenvalue weighted by Crippen LogP contribution is -2.48. The Bertz CT molecular complexity index is 768. The SMILES string of the molecule is CC(C)(C)OC(=O)N1CC(=O)O[C@@H](c2ccccc2)[C@@H]1c1ccccc1. The molecule has 1 aliphatic rings. The van der Waals surface area contributed by atoms with E-state index in [1.54, 1.807) is 20.8 Å². The summed E-state index contributed by atoms with van der Waals surface area (Å²) in [5.41, 5.74) is 1.07. The normalized spacial score (nSPS) is 20.4. The van der Waals surface area contributed by atoms with E-state index >= 15 is 0 Å². The van der Waals surface area contributed by atoms with E-state index in [2.05, 4.69) is 0 Å². The smallest absolute Gasteiger partial charge is 0.411 e. The molecule has 1 fully saturated rings. The fourth-order valence-corrected chi connectivity index (χ4v) is 3.04. The summed E-state index contributed by atoms with van der Waals surface area (Å²) in [5.74, 6) is -0.447. The first-order valence-electron chi connectivity index (χ1n) is 8.64. The molecule has 0 spiro atoms. The number of rotatable bonds is 2. The molecular weight excluding hydrogens is 330 g/mol. The second-order valence-electron chi connectivity index (χ2n) is 7.28. The Morgan fingerprint density at radius 2 is 1.54 bits per heavy atom. The molecule has 3 rings (SSSR count). The average molecular weight is 353 g/mol. The molecule has 0 aliphatic carbocycles. The molecule has 0 saturated carbocycles. The Balaban J connectivity index is 2.03. The standard InChI is InChI=1S/C21H23NO4/c1-21(2,3)26-20(24)22-14-17(23)25-19(16-12-8-5-9-13-16)18(22)15-10-6-4-7-11-15/h4-13,18-19H,14H2,1-3H3/t18-,19-/m0/s1. The van der Waals surface area contributed by atoms with Gasteiger partial charge in [0.05, 0.1) is 0 Å². The van der Waals surface area contributed by atoms with Crippen molar-refractivity contribution in [1.82, 2.24) is 4.90 Å². The molecule has 1 amide bonds. The van der Waals surface area contributed by atoms with E-state index in [0.717, 1.165) is 11.1 Å². The largest absolute Gasteiger partial charge is 0.454 e. The summed E-state index contributed by atoms with van der Waals surface area (Å²) < 4.78 is 11.2. The number of cyclic esters (lactones) is 1. The molecule has 5 nitrogen and oxygen atoms in total. The monoisotopic (exact) mass is 353 g/mol. The summed E-state index contributed by atoms with van der Waals surface area (Å²) in [6.07, 6.45) is -1.11. The van der Waals surface area contributed by atoms with E-state index in [9.17, 15) is 9.59 Å². The topological polar surface area (TPSA) is 55.8 Å². The molecule has 0 unspecified atom stereocenters. The van der Waals surface area contributed by atoms with Crippen LogP contribution in [0.4, 0.5) is 4.79 Å². The second-order valence-corrected chi connectivity index (χ2v) is 7.28. The Morgan fingerprint density at radius 3 is 2.08 bits per heavy atom. The van der Waals surface area contributed by atoms with E-state index in [0.29, 0.717) is 0 Å². The van der Waals surface area contributed by atoms with Crippen molar-refractivity contribution in [2.24, 2.45) is 0 Å². The van der Waals surface area contributed by atoms with Crippen molar-refractivity contribution >= 4 is 12.1 Å². The highest BCUT2D eigenvalue weighted by Gasteiger charge is 2.42. The van der Waals surface area contributed by atoms with Crippen LogP contribution in [-0.4, -0.2) is 29.1 Å². The maximum absolute atomic E-state index is 12.8. The third-order valence-corrected chi connectivity index (χ3v) is 4.08. The minimum Gasteiger partial charge on any atom is -0.454 e. The number of hydrogen-bond donors (Lipinski definition) is 0. The van der Waals surface area contributed by atoms with E-state index in [1.165, 1.54) is 4.90 Å². The highest BCUT2D eigenvalue weighted by atomic mass is 16.6. The van der Waals surface area contributed by atoms with Gasteiger partial charge in [0, 0.05) is 0 Å². The summed E-state index contributed by atoms with van der Waals surface area (Å²) >= 11 is 0. The van der Waals surface area contributed by atoms with Gasteiger partial charge in [-0.2, -0.15) is 0 Å². The molecule has 2 atom stereocenters. The molecule has 2 aromatic carbocycles. The van der Waals surface area contributed by atoms with Gasteiger partial charge < -0.3 is 9.47 Å². The number of ether oxygens (including phenoxy) is 2.